The number of amidine groups is 1. The highest BCUT2D eigenvalue weighted by Gasteiger charge is 2.47. The molecule has 0 bridgehead atoms. The van der Waals surface area contributed by atoms with Gasteiger partial charge in [-0.05, 0) is 24.6 Å². The first-order valence-electron chi connectivity index (χ1n) is 11.0. The van der Waals surface area contributed by atoms with E-state index in [0.717, 1.165) is 6.08 Å². The number of rotatable bonds is 3. The molecule has 9 nitrogen and oxygen atoms in total. The molecule has 0 spiro atoms. The lowest BCUT2D eigenvalue weighted by Crippen LogP contribution is -2.47. The Morgan fingerprint density at radius 1 is 1.40 bits per heavy atom. The minimum absolute atomic E-state index is 0.000879. The summed E-state index contributed by atoms with van der Waals surface area (Å²) in [7, 11) is -4.50. The van der Waals surface area contributed by atoms with Crippen molar-refractivity contribution < 1.29 is 22.0 Å². The summed E-state index contributed by atoms with van der Waals surface area (Å²) >= 11 is 5.66. The molecule has 2 aliphatic heterocycles. The normalized spacial score (nSPS) is 28.4. The van der Waals surface area contributed by atoms with Gasteiger partial charge in [-0.15, -0.1) is 0 Å². The van der Waals surface area contributed by atoms with Gasteiger partial charge in [0.1, 0.15) is 16.8 Å². The van der Waals surface area contributed by atoms with E-state index in [1.165, 1.54) is 4.90 Å². The number of carbonyl (C=O) groups excluding carboxylic acids is 1. The Hall–Kier alpha value is -2.57. The van der Waals surface area contributed by atoms with Crippen molar-refractivity contribution in [1.82, 2.24) is 14.8 Å². The van der Waals surface area contributed by atoms with Crippen LogP contribution in [0.2, 0.25) is 0 Å². The summed E-state index contributed by atoms with van der Waals surface area (Å²) in [6, 6.07) is 3.20. The molecule has 3 heterocycles. The number of nitrogens with two attached hydrogens (primary N) is 1. The number of primary sulfonamides is 1. The van der Waals surface area contributed by atoms with E-state index in [-0.39, 0.29) is 30.2 Å². The van der Waals surface area contributed by atoms with E-state index in [2.05, 4.69) is 10.3 Å². The number of hydrogen-bond donors (Lipinski definition) is 2. The largest absolute Gasteiger partial charge is 0.366 e. The van der Waals surface area contributed by atoms with Crippen LogP contribution >= 0.6 is 11.6 Å². The van der Waals surface area contributed by atoms with Gasteiger partial charge in [-0.25, -0.2) is 22.3 Å². The molecule has 3 atom stereocenters. The Balaban J connectivity index is 1.75. The smallest absolute Gasteiger partial charge is 0.228 e. The van der Waals surface area contributed by atoms with E-state index in [1.54, 1.807) is 23.2 Å². The van der Waals surface area contributed by atoms with E-state index >= 15 is 4.39 Å². The summed E-state index contributed by atoms with van der Waals surface area (Å²) in [5, 5.41) is 3.21. The second kappa shape index (κ2) is 8.82. The summed E-state index contributed by atoms with van der Waals surface area (Å²) in [5.74, 6) is -0.798. The number of sulfonamides is 1. The third-order valence-corrected chi connectivity index (χ3v) is 7.66. The van der Waals surface area contributed by atoms with Gasteiger partial charge < -0.3 is 15.1 Å². The highest BCUT2D eigenvalue weighted by molar-refractivity contribution is 7.90. The van der Waals surface area contributed by atoms with Gasteiger partial charge in [-0.1, -0.05) is 32.4 Å². The van der Waals surface area contributed by atoms with Gasteiger partial charge in [0.15, 0.2) is 5.84 Å². The second-order valence-electron chi connectivity index (χ2n) is 9.79. The average Bonchev–Trinajstić information content (AvgIpc) is 3.20. The van der Waals surface area contributed by atoms with Crippen molar-refractivity contribution >= 4 is 39.1 Å². The molecule has 35 heavy (non-hydrogen) atoms. The standard InChI is InChI=1S/C22H27ClF2N6O3S/c1-21(2,3)20(32)30-8-6-13(11-30)29-19-18-15(5-4-7-27-18)28-12-31(19)16-9-17(35(26,33)34)22(23,25)10-14(16)24/h4-5,7,9-10,13,17,28H,6,8,11-12H2,1-3H3,(H2,26,33,34). The van der Waals surface area contributed by atoms with Crippen LogP contribution in [0.1, 0.15) is 32.9 Å². The number of likely N-dealkylation sites (tertiary alicyclic amines) is 1. The molecule has 3 aliphatic rings. The maximum absolute atomic E-state index is 15.1. The molecule has 3 unspecified atom stereocenters. The molecular weight excluding hydrogens is 502 g/mol. The highest BCUT2D eigenvalue weighted by Crippen LogP contribution is 2.39. The lowest BCUT2D eigenvalue weighted by molar-refractivity contribution is -0.138. The van der Waals surface area contributed by atoms with Crippen LogP contribution < -0.4 is 10.5 Å². The molecule has 1 amide bonds. The Morgan fingerprint density at radius 2 is 2.11 bits per heavy atom. The number of nitrogens with one attached hydrogen (secondary N) is 1. The molecule has 1 saturated heterocycles. The number of anilines is 1. The first kappa shape index (κ1) is 25.5. The van der Waals surface area contributed by atoms with Crippen LogP contribution in [-0.4, -0.2) is 71.1 Å². The van der Waals surface area contributed by atoms with Gasteiger partial charge in [0.25, 0.3) is 0 Å². The van der Waals surface area contributed by atoms with Crippen molar-refractivity contribution in [2.45, 2.75) is 43.6 Å². The molecular formula is C22H27ClF2N6O3S. The van der Waals surface area contributed by atoms with Gasteiger partial charge >= 0.3 is 0 Å². The maximum Gasteiger partial charge on any atom is 0.228 e. The fourth-order valence-electron chi connectivity index (χ4n) is 4.29. The topological polar surface area (TPSA) is 121 Å². The van der Waals surface area contributed by atoms with E-state index < -0.39 is 31.6 Å². The molecule has 0 saturated carbocycles. The van der Waals surface area contributed by atoms with Gasteiger partial charge in [-0.2, -0.15) is 0 Å². The molecule has 1 aliphatic carbocycles. The molecule has 13 heteroatoms. The van der Waals surface area contributed by atoms with Crippen molar-refractivity contribution in [1.29, 1.82) is 0 Å². The monoisotopic (exact) mass is 528 g/mol. The van der Waals surface area contributed by atoms with Crippen LogP contribution in [0, 0.1) is 5.41 Å². The molecule has 4 rings (SSSR count). The molecule has 3 N–H and O–H groups in total. The van der Waals surface area contributed by atoms with Crippen LogP contribution in [0.5, 0.6) is 0 Å². The molecule has 1 aromatic heterocycles. The van der Waals surface area contributed by atoms with Crippen LogP contribution in [-0.2, 0) is 14.8 Å². The lowest BCUT2D eigenvalue weighted by atomic mass is 9.95. The van der Waals surface area contributed by atoms with Gasteiger partial charge in [0, 0.05) is 30.8 Å². The average molecular weight is 529 g/mol. The van der Waals surface area contributed by atoms with E-state index in [1.807, 2.05) is 20.8 Å². The van der Waals surface area contributed by atoms with Crippen molar-refractivity contribution in [2.75, 3.05) is 25.1 Å². The summed E-state index contributed by atoms with van der Waals surface area (Å²) in [5.41, 5.74) is 0.259. The number of aliphatic imine (C=N–C) groups is 1. The molecule has 1 fully saturated rings. The van der Waals surface area contributed by atoms with E-state index in [0.29, 0.717) is 37.0 Å². The van der Waals surface area contributed by atoms with Crippen LogP contribution in [0.15, 0.2) is 47.0 Å². The zero-order chi connectivity index (χ0) is 25.8. The number of alkyl halides is 2. The predicted molar refractivity (Wildman–Crippen MR) is 129 cm³/mol. The Morgan fingerprint density at radius 3 is 2.77 bits per heavy atom. The Kier molecular flexibility index (Phi) is 6.43. The van der Waals surface area contributed by atoms with Gasteiger partial charge in [0.2, 0.25) is 21.1 Å². The highest BCUT2D eigenvalue weighted by atomic mass is 35.5. The predicted octanol–water partition coefficient (Wildman–Crippen LogP) is 2.47. The summed E-state index contributed by atoms with van der Waals surface area (Å²) in [4.78, 5) is 25.0. The van der Waals surface area contributed by atoms with Crippen molar-refractivity contribution in [3.8, 4) is 0 Å². The third-order valence-electron chi connectivity index (χ3n) is 6.00. The van der Waals surface area contributed by atoms with Gasteiger partial charge in [-0.3, -0.25) is 14.8 Å². The third kappa shape index (κ3) is 5.05. The fourth-order valence-corrected chi connectivity index (χ4v) is 5.65. The number of allylic oxidation sites excluding steroid dienone is 2. The maximum atomic E-state index is 15.1. The lowest BCUT2D eigenvalue weighted by Gasteiger charge is -2.36. The molecule has 0 aromatic carbocycles. The SMILES string of the molecule is CC(C)(C)C(=O)N1CCC(N=C2c3ncccc3NCN2C2=CC(S(N)(=O)=O)C(F)(Cl)C=C2F)C1. The summed E-state index contributed by atoms with van der Waals surface area (Å²) in [6.45, 7) is 6.43. The number of amides is 1. The van der Waals surface area contributed by atoms with Crippen LogP contribution in [0.3, 0.4) is 0 Å². The van der Waals surface area contributed by atoms with E-state index in [9.17, 15) is 17.6 Å². The van der Waals surface area contributed by atoms with Crippen LogP contribution in [0.25, 0.3) is 0 Å². The number of pyridine rings is 1. The minimum Gasteiger partial charge on any atom is -0.366 e. The zero-order valence-electron chi connectivity index (χ0n) is 19.5. The number of aromatic nitrogens is 1. The first-order valence-corrected chi connectivity index (χ1v) is 13.0. The first-order chi connectivity index (χ1) is 16.2. The summed E-state index contributed by atoms with van der Waals surface area (Å²) < 4.78 is 53.9. The van der Waals surface area contributed by atoms with E-state index in [4.69, 9.17) is 21.7 Å². The van der Waals surface area contributed by atoms with Crippen molar-refractivity contribution in [2.24, 2.45) is 15.5 Å². The number of fused-ring (bicyclic) bond motifs is 1. The number of nitrogens with zero attached hydrogens (tertiary/aromatic N) is 4. The van der Waals surface area contributed by atoms with Crippen molar-refractivity contribution in [3.05, 3.63) is 47.7 Å². The Bertz CT molecular complexity index is 1240. The van der Waals surface area contributed by atoms with Gasteiger partial charge in [0.05, 0.1) is 24.1 Å². The molecule has 1 aromatic rings. The zero-order valence-corrected chi connectivity index (χ0v) is 21.1. The number of halogens is 3. The second-order valence-corrected chi connectivity index (χ2v) is 12.1. The number of carbonyl (C=O) groups is 1. The number of hydrogen-bond acceptors (Lipinski definition) is 6. The van der Waals surface area contributed by atoms with Crippen molar-refractivity contribution in [3.63, 3.8) is 0 Å². The minimum atomic E-state index is -4.50. The van der Waals surface area contributed by atoms with Crippen LogP contribution in [0.4, 0.5) is 14.5 Å². The quantitative estimate of drug-likeness (QED) is 0.581. The molecule has 190 valence electrons. The fraction of sp³-hybridized carbons (Fsp3) is 0.500. The Labute approximate surface area is 207 Å². The molecule has 0 radical (unpaired) electrons. The summed E-state index contributed by atoms with van der Waals surface area (Å²) in [6.07, 6.45) is 3.38.